The molecule has 1 aromatic rings. The van der Waals surface area contributed by atoms with Crippen LogP contribution in [0.5, 0.6) is 0 Å². The van der Waals surface area contributed by atoms with Crippen molar-refractivity contribution in [3.63, 3.8) is 0 Å². The standard InChI is InChI=1S/C15H22N2O2/c1-10-8-11(15(17)18)6-7-12(10)9-19-14-5-3-2-4-13(14)16/h6-8,13-14H,2-5,9,16H2,1H3,(H2,17,18). The molecule has 1 amide bonds. The minimum absolute atomic E-state index is 0.152. The Morgan fingerprint density at radius 1 is 1.37 bits per heavy atom. The van der Waals surface area contributed by atoms with Gasteiger partial charge in [-0.1, -0.05) is 18.9 Å². The summed E-state index contributed by atoms with van der Waals surface area (Å²) in [7, 11) is 0. The van der Waals surface area contributed by atoms with Crippen LogP contribution < -0.4 is 11.5 Å². The predicted octanol–water partition coefficient (Wildman–Crippen LogP) is 1.88. The third kappa shape index (κ3) is 3.55. The molecule has 0 aromatic heterocycles. The molecule has 1 aliphatic carbocycles. The van der Waals surface area contributed by atoms with Crippen molar-refractivity contribution in [3.05, 3.63) is 34.9 Å². The van der Waals surface area contributed by atoms with Crippen molar-refractivity contribution in [3.8, 4) is 0 Å². The van der Waals surface area contributed by atoms with Gasteiger partial charge >= 0.3 is 0 Å². The van der Waals surface area contributed by atoms with E-state index in [4.69, 9.17) is 16.2 Å². The van der Waals surface area contributed by atoms with Crippen molar-refractivity contribution in [1.29, 1.82) is 0 Å². The Bertz CT molecular complexity index is 459. The van der Waals surface area contributed by atoms with Gasteiger partial charge in [-0.15, -0.1) is 0 Å². The van der Waals surface area contributed by atoms with E-state index in [0.29, 0.717) is 12.2 Å². The molecule has 2 atom stereocenters. The highest BCUT2D eigenvalue weighted by Gasteiger charge is 2.22. The molecule has 4 nitrogen and oxygen atoms in total. The Morgan fingerprint density at radius 2 is 2.11 bits per heavy atom. The topological polar surface area (TPSA) is 78.3 Å². The predicted molar refractivity (Wildman–Crippen MR) is 74.7 cm³/mol. The molecule has 2 rings (SSSR count). The van der Waals surface area contributed by atoms with E-state index in [-0.39, 0.29) is 12.1 Å². The fourth-order valence-corrected chi connectivity index (χ4v) is 2.54. The van der Waals surface area contributed by atoms with Crippen LogP contribution >= 0.6 is 0 Å². The first kappa shape index (κ1) is 14.0. The van der Waals surface area contributed by atoms with Gasteiger partial charge in [0.1, 0.15) is 0 Å². The van der Waals surface area contributed by atoms with Crippen LogP contribution in [0.25, 0.3) is 0 Å². The lowest BCUT2D eigenvalue weighted by atomic mass is 9.93. The third-order valence-corrected chi connectivity index (χ3v) is 3.83. The number of nitrogens with two attached hydrogens (primary N) is 2. The molecule has 4 heteroatoms. The van der Waals surface area contributed by atoms with E-state index >= 15 is 0 Å². The third-order valence-electron chi connectivity index (χ3n) is 3.83. The second kappa shape index (κ2) is 6.17. The van der Waals surface area contributed by atoms with E-state index in [1.54, 1.807) is 6.07 Å². The van der Waals surface area contributed by atoms with Crippen molar-refractivity contribution in [2.24, 2.45) is 11.5 Å². The second-order valence-electron chi connectivity index (χ2n) is 5.30. The van der Waals surface area contributed by atoms with Crippen LogP contribution in [0.1, 0.15) is 47.2 Å². The first-order valence-electron chi connectivity index (χ1n) is 6.84. The van der Waals surface area contributed by atoms with Crippen LogP contribution in [0, 0.1) is 6.92 Å². The Labute approximate surface area is 114 Å². The molecule has 1 saturated carbocycles. The van der Waals surface area contributed by atoms with Gasteiger partial charge in [0.15, 0.2) is 0 Å². The van der Waals surface area contributed by atoms with E-state index in [2.05, 4.69) is 0 Å². The molecule has 0 radical (unpaired) electrons. The molecule has 19 heavy (non-hydrogen) atoms. The number of primary amides is 1. The molecular weight excluding hydrogens is 240 g/mol. The SMILES string of the molecule is Cc1cc(C(N)=O)ccc1COC1CCCCC1N. The van der Waals surface area contributed by atoms with Crippen LogP contribution in [0.2, 0.25) is 0 Å². The maximum Gasteiger partial charge on any atom is 0.248 e. The van der Waals surface area contributed by atoms with E-state index in [1.807, 2.05) is 19.1 Å². The summed E-state index contributed by atoms with van der Waals surface area (Å²) >= 11 is 0. The maximum absolute atomic E-state index is 11.1. The van der Waals surface area contributed by atoms with Crippen molar-refractivity contribution in [2.45, 2.75) is 51.4 Å². The van der Waals surface area contributed by atoms with Gasteiger partial charge in [0, 0.05) is 11.6 Å². The lowest BCUT2D eigenvalue weighted by Crippen LogP contribution is -2.39. The van der Waals surface area contributed by atoms with Crippen molar-refractivity contribution in [2.75, 3.05) is 0 Å². The normalized spacial score (nSPS) is 23.3. The molecular formula is C15H22N2O2. The van der Waals surface area contributed by atoms with Gasteiger partial charge < -0.3 is 16.2 Å². The highest BCUT2D eigenvalue weighted by atomic mass is 16.5. The second-order valence-corrected chi connectivity index (χ2v) is 5.30. The number of aryl methyl sites for hydroxylation is 1. The van der Waals surface area contributed by atoms with E-state index in [1.165, 1.54) is 12.8 Å². The fraction of sp³-hybridized carbons (Fsp3) is 0.533. The number of benzene rings is 1. The number of carbonyl (C=O) groups is 1. The Kier molecular flexibility index (Phi) is 4.56. The molecule has 1 aliphatic rings. The highest BCUT2D eigenvalue weighted by molar-refractivity contribution is 5.93. The zero-order valence-electron chi connectivity index (χ0n) is 11.4. The van der Waals surface area contributed by atoms with Crippen molar-refractivity contribution in [1.82, 2.24) is 0 Å². The molecule has 0 spiro atoms. The molecule has 0 heterocycles. The monoisotopic (exact) mass is 262 g/mol. The van der Waals surface area contributed by atoms with Gasteiger partial charge in [0.05, 0.1) is 12.7 Å². The average Bonchev–Trinajstić information content (AvgIpc) is 2.39. The lowest BCUT2D eigenvalue weighted by molar-refractivity contribution is 0.00383. The number of ether oxygens (including phenoxy) is 1. The van der Waals surface area contributed by atoms with E-state index in [9.17, 15) is 4.79 Å². The summed E-state index contributed by atoms with van der Waals surface area (Å²) in [6.07, 6.45) is 4.64. The van der Waals surface area contributed by atoms with Crippen LogP contribution in [0.3, 0.4) is 0 Å². The zero-order chi connectivity index (χ0) is 13.8. The summed E-state index contributed by atoms with van der Waals surface area (Å²) in [5, 5.41) is 0. The largest absolute Gasteiger partial charge is 0.372 e. The van der Waals surface area contributed by atoms with Crippen LogP contribution in [-0.2, 0) is 11.3 Å². The zero-order valence-corrected chi connectivity index (χ0v) is 11.4. The Morgan fingerprint density at radius 3 is 2.74 bits per heavy atom. The average molecular weight is 262 g/mol. The molecule has 4 N–H and O–H groups in total. The van der Waals surface area contributed by atoms with Crippen molar-refractivity contribution < 1.29 is 9.53 Å². The van der Waals surface area contributed by atoms with E-state index in [0.717, 1.165) is 24.0 Å². The smallest absolute Gasteiger partial charge is 0.248 e. The fourth-order valence-electron chi connectivity index (χ4n) is 2.54. The molecule has 2 unspecified atom stereocenters. The van der Waals surface area contributed by atoms with Crippen molar-refractivity contribution >= 4 is 5.91 Å². The molecule has 0 saturated heterocycles. The number of rotatable bonds is 4. The maximum atomic E-state index is 11.1. The minimum atomic E-state index is -0.398. The molecule has 1 fully saturated rings. The molecule has 1 aromatic carbocycles. The Balaban J connectivity index is 1.97. The van der Waals surface area contributed by atoms with Gasteiger partial charge in [-0.2, -0.15) is 0 Å². The summed E-state index contributed by atoms with van der Waals surface area (Å²) < 4.78 is 5.92. The Hall–Kier alpha value is -1.39. The molecule has 0 bridgehead atoms. The van der Waals surface area contributed by atoms with Gasteiger partial charge in [0.25, 0.3) is 0 Å². The van der Waals surface area contributed by atoms with Gasteiger partial charge in [-0.3, -0.25) is 4.79 Å². The number of hydrogen-bond acceptors (Lipinski definition) is 3. The number of hydrogen-bond donors (Lipinski definition) is 2. The minimum Gasteiger partial charge on any atom is -0.372 e. The van der Waals surface area contributed by atoms with Gasteiger partial charge in [-0.05, 0) is 43.0 Å². The summed E-state index contributed by atoms with van der Waals surface area (Å²) in [5.41, 5.74) is 14.0. The van der Waals surface area contributed by atoms with Crippen LogP contribution in [0.4, 0.5) is 0 Å². The summed E-state index contributed by atoms with van der Waals surface area (Å²) in [4.78, 5) is 11.1. The first-order valence-corrected chi connectivity index (χ1v) is 6.84. The van der Waals surface area contributed by atoms with Gasteiger partial charge in [-0.25, -0.2) is 0 Å². The quantitative estimate of drug-likeness (QED) is 0.869. The molecule has 0 aliphatic heterocycles. The van der Waals surface area contributed by atoms with Gasteiger partial charge in [0.2, 0.25) is 5.91 Å². The van der Waals surface area contributed by atoms with Crippen LogP contribution in [-0.4, -0.2) is 18.1 Å². The van der Waals surface area contributed by atoms with E-state index < -0.39 is 5.91 Å². The summed E-state index contributed by atoms with van der Waals surface area (Å²) in [6.45, 7) is 2.51. The summed E-state index contributed by atoms with van der Waals surface area (Å²) in [5.74, 6) is -0.398. The first-order chi connectivity index (χ1) is 9.08. The highest BCUT2D eigenvalue weighted by Crippen LogP contribution is 2.21. The summed E-state index contributed by atoms with van der Waals surface area (Å²) in [6, 6.07) is 5.61. The number of carbonyl (C=O) groups excluding carboxylic acids is 1. The number of amides is 1. The lowest BCUT2D eigenvalue weighted by Gasteiger charge is -2.28. The van der Waals surface area contributed by atoms with Crippen LogP contribution in [0.15, 0.2) is 18.2 Å². The molecule has 104 valence electrons.